The fraction of sp³-hybridized carbons (Fsp3) is 0.556. The number of thiophene rings is 1. The quantitative estimate of drug-likeness (QED) is 0.773. The van der Waals surface area contributed by atoms with Gasteiger partial charge in [0.2, 0.25) is 0 Å². The molecular weight excluding hydrogens is 206 g/mol. The van der Waals surface area contributed by atoms with Gasteiger partial charge < -0.3 is 10.5 Å². The number of hydrogen-bond donors (Lipinski definition) is 1. The highest BCUT2D eigenvalue weighted by atomic mass is 35.5. The zero-order chi connectivity index (χ0) is 9.68. The summed E-state index contributed by atoms with van der Waals surface area (Å²) >= 11 is 7.36. The molecule has 2 nitrogen and oxygen atoms in total. The van der Waals surface area contributed by atoms with E-state index in [1.807, 2.05) is 12.1 Å². The van der Waals surface area contributed by atoms with Crippen molar-refractivity contribution in [1.82, 2.24) is 0 Å². The number of rotatable bonds is 5. The fourth-order valence-corrected chi connectivity index (χ4v) is 2.21. The molecule has 0 radical (unpaired) electrons. The molecule has 0 saturated carbocycles. The minimum atomic E-state index is 0.104. The average Bonchev–Trinajstić information content (AvgIpc) is 2.52. The summed E-state index contributed by atoms with van der Waals surface area (Å²) in [5.74, 6) is 0. The lowest BCUT2D eigenvalue weighted by Gasteiger charge is -2.07. The summed E-state index contributed by atoms with van der Waals surface area (Å²) in [6.07, 6.45) is 1.94. The van der Waals surface area contributed by atoms with Crippen LogP contribution < -0.4 is 5.73 Å². The summed E-state index contributed by atoms with van der Waals surface area (Å²) in [6, 6.07) is 3.98. The molecule has 0 spiro atoms. The van der Waals surface area contributed by atoms with Gasteiger partial charge in [-0.1, -0.05) is 11.6 Å². The van der Waals surface area contributed by atoms with Crippen molar-refractivity contribution >= 4 is 22.9 Å². The summed E-state index contributed by atoms with van der Waals surface area (Å²) < 4.78 is 5.76. The molecule has 74 valence electrons. The monoisotopic (exact) mass is 219 g/mol. The van der Waals surface area contributed by atoms with Gasteiger partial charge in [-0.3, -0.25) is 0 Å². The average molecular weight is 220 g/mol. The first-order valence-corrected chi connectivity index (χ1v) is 5.43. The molecule has 1 aromatic heterocycles. The molecule has 1 rings (SSSR count). The van der Waals surface area contributed by atoms with Crippen molar-refractivity contribution in [2.24, 2.45) is 5.73 Å². The second-order valence-corrected chi connectivity index (χ2v) is 4.63. The maximum absolute atomic E-state index is 5.95. The van der Waals surface area contributed by atoms with Gasteiger partial charge in [0.15, 0.2) is 0 Å². The van der Waals surface area contributed by atoms with E-state index in [9.17, 15) is 0 Å². The van der Waals surface area contributed by atoms with Crippen molar-refractivity contribution < 1.29 is 4.74 Å². The summed E-state index contributed by atoms with van der Waals surface area (Å²) in [7, 11) is 1.70. The van der Waals surface area contributed by atoms with Crippen LogP contribution in [0.4, 0.5) is 0 Å². The van der Waals surface area contributed by atoms with Crippen LogP contribution >= 0.6 is 22.9 Å². The molecule has 0 fully saturated rings. The second kappa shape index (κ2) is 5.60. The van der Waals surface area contributed by atoms with E-state index in [1.54, 1.807) is 18.4 Å². The number of halogens is 1. The third kappa shape index (κ3) is 3.65. The molecule has 13 heavy (non-hydrogen) atoms. The molecule has 0 saturated heterocycles. The van der Waals surface area contributed by atoms with E-state index < -0.39 is 0 Å². The third-order valence-corrected chi connectivity index (χ3v) is 3.19. The smallest absolute Gasteiger partial charge is 0.0931 e. The van der Waals surface area contributed by atoms with Crippen molar-refractivity contribution in [2.75, 3.05) is 13.7 Å². The number of nitrogens with two attached hydrogens (primary N) is 1. The van der Waals surface area contributed by atoms with Crippen LogP contribution in [0, 0.1) is 0 Å². The Hall–Kier alpha value is -0.0900. The SMILES string of the molecule is COCCCC(N)c1ccc(Cl)s1. The second-order valence-electron chi connectivity index (χ2n) is 2.88. The van der Waals surface area contributed by atoms with E-state index in [2.05, 4.69) is 0 Å². The van der Waals surface area contributed by atoms with Crippen LogP contribution in [0.1, 0.15) is 23.8 Å². The lowest BCUT2D eigenvalue weighted by atomic mass is 10.1. The standard InChI is InChI=1S/C9H14ClNOS/c1-12-6-2-3-7(11)8-4-5-9(10)13-8/h4-5,7H,2-3,6,11H2,1H3. The van der Waals surface area contributed by atoms with Gasteiger partial charge in [-0.15, -0.1) is 11.3 Å². The Morgan fingerprint density at radius 2 is 2.38 bits per heavy atom. The van der Waals surface area contributed by atoms with Gasteiger partial charge in [-0.05, 0) is 25.0 Å². The van der Waals surface area contributed by atoms with Crippen LogP contribution in [0.5, 0.6) is 0 Å². The Kier molecular flexibility index (Phi) is 4.73. The van der Waals surface area contributed by atoms with Gasteiger partial charge in [0.05, 0.1) is 4.34 Å². The van der Waals surface area contributed by atoms with Crippen LogP contribution in [0.15, 0.2) is 12.1 Å². The summed E-state index contributed by atoms with van der Waals surface area (Å²) in [4.78, 5) is 1.15. The molecule has 4 heteroatoms. The minimum Gasteiger partial charge on any atom is -0.385 e. The zero-order valence-corrected chi connectivity index (χ0v) is 9.20. The lowest BCUT2D eigenvalue weighted by Crippen LogP contribution is -2.09. The number of hydrogen-bond acceptors (Lipinski definition) is 3. The molecule has 0 aliphatic rings. The molecule has 1 heterocycles. The Morgan fingerprint density at radius 3 is 2.92 bits per heavy atom. The summed E-state index contributed by atoms with van der Waals surface area (Å²) in [5.41, 5.74) is 5.95. The number of methoxy groups -OCH3 is 1. The molecule has 0 aromatic carbocycles. The van der Waals surface area contributed by atoms with Crippen molar-refractivity contribution in [3.63, 3.8) is 0 Å². The highest BCUT2D eigenvalue weighted by Crippen LogP contribution is 2.27. The van der Waals surface area contributed by atoms with E-state index in [0.717, 1.165) is 28.7 Å². The van der Waals surface area contributed by atoms with E-state index in [-0.39, 0.29) is 6.04 Å². The molecule has 1 atom stereocenters. The topological polar surface area (TPSA) is 35.2 Å². The van der Waals surface area contributed by atoms with Crippen molar-refractivity contribution in [2.45, 2.75) is 18.9 Å². The molecular formula is C9H14ClNOS. The molecule has 1 unspecified atom stereocenters. The Balaban J connectivity index is 2.35. The Morgan fingerprint density at radius 1 is 1.62 bits per heavy atom. The minimum absolute atomic E-state index is 0.104. The highest BCUT2D eigenvalue weighted by molar-refractivity contribution is 7.16. The maximum Gasteiger partial charge on any atom is 0.0931 e. The third-order valence-electron chi connectivity index (χ3n) is 1.82. The molecule has 0 aliphatic carbocycles. The van der Waals surface area contributed by atoms with Crippen LogP contribution in [-0.4, -0.2) is 13.7 Å². The maximum atomic E-state index is 5.95. The summed E-state index contributed by atoms with van der Waals surface area (Å²) in [6.45, 7) is 0.771. The Bertz CT molecular complexity index is 252. The van der Waals surface area contributed by atoms with E-state index in [4.69, 9.17) is 22.1 Å². The van der Waals surface area contributed by atoms with E-state index >= 15 is 0 Å². The normalized spacial score (nSPS) is 13.2. The van der Waals surface area contributed by atoms with Crippen LogP contribution in [0.25, 0.3) is 0 Å². The predicted octanol–water partition coefficient (Wildman–Crippen LogP) is 2.83. The van der Waals surface area contributed by atoms with Crippen LogP contribution in [-0.2, 0) is 4.74 Å². The lowest BCUT2D eigenvalue weighted by molar-refractivity contribution is 0.190. The predicted molar refractivity (Wildman–Crippen MR) is 57.4 cm³/mol. The van der Waals surface area contributed by atoms with Gasteiger partial charge in [0.25, 0.3) is 0 Å². The number of ether oxygens (including phenoxy) is 1. The first-order chi connectivity index (χ1) is 6.24. The Labute approximate surface area is 87.7 Å². The first-order valence-electron chi connectivity index (χ1n) is 4.24. The van der Waals surface area contributed by atoms with Gasteiger partial charge in [-0.25, -0.2) is 0 Å². The van der Waals surface area contributed by atoms with Gasteiger partial charge in [0.1, 0.15) is 0 Å². The van der Waals surface area contributed by atoms with Crippen molar-refractivity contribution in [3.05, 3.63) is 21.3 Å². The van der Waals surface area contributed by atoms with Crippen LogP contribution in [0.3, 0.4) is 0 Å². The molecule has 0 bridgehead atoms. The van der Waals surface area contributed by atoms with Gasteiger partial charge in [0, 0.05) is 24.6 Å². The molecule has 0 aliphatic heterocycles. The largest absolute Gasteiger partial charge is 0.385 e. The molecule has 1 aromatic rings. The molecule has 2 N–H and O–H groups in total. The fourth-order valence-electron chi connectivity index (χ4n) is 1.12. The van der Waals surface area contributed by atoms with E-state index in [1.165, 1.54) is 0 Å². The van der Waals surface area contributed by atoms with Crippen molar-refractivity contribution in [3.8, 4) is 0 Å². The van der Waals surface area contributed by atoms with Gasteiger partial charge >= 0.3 is 0 Å². The summed E-state index contributed by atoms with van der Waals surface area (Å²) in [5, 5.41) is 0. The highest BCUT2D eigenvalue weighted by Gasteiger charge is 2.07. The van der Waals surface area contributed by atoms with Crippen molar-refractivity contribution in [1.29, 1.82) is 0 Å². The van der Waals surface area contributed by atoms with E-state index in [0.29, 0.717) is 0 Å². The molecule has 0 amide bonds. The zero-order valence-electron chi connectivity index (χ0n) is 7.63. The van der Waals surface area contributed by atoms with Crippen LogP contribution in [0.2, 0.25) is 4.34 Å². The van der Waals surface area contributed by atoms with Gasteiger partial charge in [-0.2, -0.15) is 0 Å². The first kappa shape index (κ1) is 11.0.